The maximum Gasteiger partial charge on any atom is 0.186 e. The zero-order chi connectivity index (χ0) is 16.5. The van der Waals surface area contributed by atoms with Gasteiger partial charge in [0.25, 0.3) is 0 Å². The second-order valence-electron chi connectivity index (χ2n) is 6.53. The normalized spacial score (nSPS) is 13.5. The van der Waals surface area contributed by atoms with E-state index in [-0.39, 0.29) is 24.1 Å². The lowest BCUT2D eigenvalue weighted by molar-refractivity contribution is 0.0587. The van der Waals surface area contributed by atoms with Crippen molar-refractivity contribution in [3.63, 3.8) is 0 Å². The molecule has 2 rings (SSSR count). The Balaban J connectivity index is 2.53. The van der Waals surface area contributed by atoms with E-state index >= 15 is 0 Å². The molecule has 0 amide bonds. The fourth-order valence-corrected chi connectivity index (χ4v) is 2.61. The molecule has 120 valence electrons. The second-order valence-corrected chi connectivity index (χ2v) is 6.53. The molecule has 0 saturated carbocycles. The average Bonchev–Trinajstić information content (AvgIpc) is 2.74. The first kappa shape index (κ1) is 16.6. The average molecular weight is 306 g/mol. The van der Waals surface area contributed by atoms with Crippen LogP contribution < -0.4 is 0 Å². The Morgan fingerprint density at radius 2 is 2.14 bits per heavy atom. The summed E-state index contributed by atoms with van der Waals surface area (Å²) in [6.45, 7) is 7.42. The van der Waals surface area contributed by atoms with E-state index in [9.17, 15) is 14.3 Å². The predicted octanol–water partition coefficient (Wildman–Crippen LogP) is 3.57. The van der Waals surface area contributed by atoms with Crippen molar-refractivity contribution in [2.75, 3.05) is 0 Å². The van der Waals surface area contributed by atoms with E-state index in [1.807, 2.05) is 13.8 Å². The highest BCUT2D eigenvalue weighted by atomic mass is 19.1. The van der Waals surface area contributed by atoms with Crippen molar-refractivity contribution in [2.24, 2.45) is 5.92 Å². The standard InChI is InChI=1S/C17H23FN2O2/c1-5-6-11(2)16(21)15-13-8-7-12(18)9-14(13)20(19-15)10-17(3,4)22/h7-9,11,22H,5-6,10H2,1-4H3. The number of Topliss-reactive ketones (excluding diaryl/α,β-unsaturated/α-hetero) is 1. The van der Waals surface area contributed by atoms with Gasteiger partial charge in [-0.2, -0.15) is 5.10 Å². The largest absolute Gasteiger partial charge is 0.389 e. The highest BCUT2D eigenvalue weighted by Gasteiger charge is 2.24. The van der Waals surface area contributed by atoms with Gasteiger partial charge in [-0.15, -0.1) is 0 Å². The van der Waals surface area contributed by atoms with Crippen LogP contribution in [-0.2, 0) is 6.54 Å². The molecule has 0 aliphatic carbocycles. The van der Waals surface area contributed by atoms with Crippen molar-refractivity contribution in [3.8, 4) is 0 Å². The SMILES string of the molecule is CCCC(C)C(=O)c1nn(CC(C)(C)O)c2cc(F)ccc12. The molecule has 0 aliphatic rings. The van der Waals surface area contributed by atoms with Crippen LogP contribution in [0.2, 0.25) is 0 Å². The minimum absolute atomic E-state index is 0.0343. The van der Waals surface area contributed by atoms with Gasteiger partial charge >= 0.3 is 0 Å². The van der Waals surface area contributed by atoms with Crippen molar-refractivity contribution in [1.82, 2.24) is 9.78 Å². The molecule has 4 nitrogen and oxygen atoms in total. The molecule has 0 bridgehead atoms. The van der Waals surface area contributed by atoms with Gasteiger partial charge in [0.05, 0.1) is 17.7 Å². The van der Waals surface area contributed by atoms with Gasteiger partial charge in [0.15, 0.2) is 5.78 Å². The zero-order valence-electron chi connectivity index (χ0n) is 13.6. The summed E-state index contributed by atoms with van der Waals surface area (Å²) < 4.78 is 15.1. The molecule has 1 N–H and O–H groups in total. The molecule has 5 heteroatoms. The Hall–Kier alpha value is -1.75. The van der Waals surface area contributed by atoms with Gasteiger partial charge in [-0.1, -0.05) is 20.3 Å². The van der Waals surface area contributed by atoms with Crippen molar-refractivity contribution in [1.29, 1.82) is 0 Å². The Morgan fingerprint density at radius 1 is 1.45 bits per heavy atom. The molecule has 0 saturated heterocycles. The quantitative estimate of drug-likeness (QED) is 0.830. The topological polar surface area (TPSA) is 55.1 Å². The number of nitrogens with zero attached hydrogens (tertiary/aromatic N) is 2. The van der Waals surface area contributed by atoms with E-state index in [0.717, 1.165) is 12.8 Å². The van der Waals surface area contributed by atoms with Crippen molar-refractivity contribution < 1.29 is 14.3 Å². The molecular weight excluding hydrogens is 283 g/mol. The third-order valence-electron chi connectivity index (χ3n) is 3.65. The molecule has 22 heavy (non-hydrogen) atoms. The number of benzene rings is 1. The summed E-state index contributed by atoms with van der Waals surface area (Å²) in [6.07, 6.45) is 1.71. The van der Waals surface area contributed by atoms with Crippen LogP contribution in [0, 0.1) is 11.7 Å². The minimum Gasteiger partial charge on any atom is -0.389 e. The molecule has 0 fully saturated rings. The molecule has 1 unspecified atom stereocenters. The van der Waals surface area contributed by atoms with E-state index in [4.69, 9.17) is 0 Å². The van der Waals surface area contributed by atoms with Gasteiger partial charge in [-0.3, -0.25) is 9.48 Å². The van der Waals surface area contributed by atoms with Crippen LogP contribution in [0.3, 0.4) is 0 Å². The van der Waals surface area contributed by atoms with Gasteiger partial charge in [-0.25, -0.2) is 4.39 Å². The number of carbonyl (C=O) groups is 1. The summed E-state index contributed by atoms with van der Waals surface area (Å²) in [6, 6.07) is 4.28. The number of carbonyl (C=O) groups excluding carboxylic acids is 1. The highest BCUT2D eigenvalue weighted by molar-refractivity contribution is 6.07. The molecule has 0 spiro atoms. The Kier molecular flexibility index (Phi) is 4.66. The van der Waals surface area contributed by atoms with E-state index in [0.29, 0.717) is 16.6 Å². The van der Waals surface area contributed by atoms with E-state index in [1.54, 1.807) is 19.9 Å². The maximum atomic E-state index is 13.6. The third kappa shape index (κ3) is 3.53. The molecule has 1 aromatic carbocycles. The third-order valence-corrected chi connectivity index (χ3v) is 3.65. The summed E-state index contributed by atoms with van der Waals surface area (Å²) in [5.74, 6) is -0.540. The summed E-state index contributed by atoms with van der Waals surface area (Å²) in [5, 5.41) is 15.0. The van der Waals surface area contributed by atoms with Gasteiger partial charge in [0, 0.05) is 11.3 Å². The molecule has 2 aromatic rings. The van der Waals surface area contributed by atoms with E-state index < -0.39 is 5.60 Å². The van der Waals surface area contributed by atoms with Crippen LogP contribution in [0.1, 0.15) is 51.0 Å². The molecular formula is C17H23FN2O2. The predicted molar refractivity (Wildman–Crippen MR) is 84.4 cm³/mol. The number of rotatable bonds is 6. The van der Waals surface area contributed by atoms with Gasteiger partial charge in [0.2, 0.25) is 0 Å². The van der Waals surface area contributed by atoms with Gasteiger partial charge < -0.3 is 5.11 Å². The molecule has 1 aromatic heterocycles. The number of ketones is 1. The highest BCUT2D eigenvalue weighted by Crippen LogP contribution is 2.24. The van der Waals surface area contributed by atoms with Gasteiger partial charge in [-0.05, 0) is 38.5 Å². The fraction of sp³-hybridized carbons (Fsp3) is 0.529. The summed E-state index contributed by atoms with van der Waals surface area (Å²) >= 11 is 0. The van der Waals surface area contributed by atoms with Crippen molar-refractivity contribution in [3.05, 3.63) is 29.7 Å². The van der Waals surface area contributed by atoms with Crippen LogP contribution in [0.25, 0.3) is 10.9 Å². The Labute approximate surface area is 129 Å². The monoisotopic (exact) mass is 306 g/mol. The van der Waals surface area contributed by atoms with Crippen LogP contribution in [-0.4, -0.2) is 26.3 Å². The minimum atomic E-state index is -0.999. The molecule has 0 aliphatic heterocycles. The summed E-state index contributed by atoms with van der Waals surface area (Å²) in [4.78, 5) is 12.6. The molecule has 0 radical (unpaired) electrons. The van der Waals surface area contributed by atoms with Crippen LogP contribution >= 0.6 is 0 Å². The lowest BCUT2D eigenvalue weighted by Gasteiger charge is -2.17. The zero-order valence-corrected chi connectivity index (χ0v) is 13.6. The van der Waals surface area contributed by atoms with Crippen molar-refractivity contribution in [2.45, 2.75) is 52.7 Å². The molecule has 1 atom stereocenters. The first-order chi connectivity index (χ1) is 10.2. The smallest absolute Gasteiger partial charge is 0.186 e. The van der Waals surface area contributed by atoms with Gasteiger partial charge in [0.1, 0.15) is 11.5 Å². The number of aliphatic hydroxyl groups is 1. The fourth-order valence-electron chi connectivity index (χ4n) is 2.61. The maximum absolute atomic E-state index is 13.6. The lowest BCUT2D eigenvalue weighted by Crippen LogP contribution is -2.27. The Bertz CT molecular complexity index is 686. The Morgan fingerprint density at radius 3 is 2.73 bits per heavy atom. The lowest BCUT2D eigenvalue weighted by atomic mass is 9.97. The van der Waals surface area contributed by atoms with Crippen LogP contribution in [0.4, 0.5) is 4.39 Å². The van der Waals surface area contributed by atoms with Crippen molar-refractivity contribution >= 4 is 16.7 Å². The summed E-state index contributed by atoms with van der Waals surface area (Å²) in [7, 11) is 0. The number of aromatic nitrogens is 2. The summed E-state index contributed by atoms with van der Waals surface area (Å²) in [5.41, 5.74) is -0.102. The first-order valence-corrected chi connectivity index (χ1v) is 7.65. The number of hydrogen-bond acceptors (Lipinski definition) is 3. The first-order valence-electron chi connectivity index (χ1n) is 7.65. The van der Waals surface area contributed by atoms with Crippen LogP contribution in [0.15, 0.2) is 18.2 Å². The number of hydrogen-bond donors (Lipinski definition) is 1. The number of fused-ring (bicyclic) bond motifs is 1. The van der Waals surface area contributed by atoms with E-state index in [1.165, 1.54) is 16.8 Å². The van der Waals surface area contributed by atoms with Crippen LogP contribution in [0.5, 0.6) is 0 Å². The van der Waals surface area contributed by atoms with E-state index in [2.05, 4.69) is 5.10 Å². The number of halogens is 1. The molecule has 1 heterocycles. The second kappa shape index (κ2) is 6.16.